The summed E-state index contributed by atoms with van der Waals surface area (Å²) in [6, 6.07) is 13.5. The number of β-amino-alcohol motifs (C(OH)–C–C–N with tert-alkyl or cyclic N) is 1. The van der Waals surface area contributed by atoms with Gasteiger partial charge in [0.2, 0.25) is 20.0 Å². The van der Waals surface area contributed by atoms with E-state index >= 15 is 0 Å². The second kappa shape index (κ2) is 8.80. The number of anilines is 1. The van der Waals surface area contributed by atoms with E-state index in [1.165, 1.54) is 4.31 Å². The van der Waals surface area contributed by atoms with Crippen LogP contribution in [0.1, 0.15) is 0 Å². The number of benzene rings is 2. The minimum atomic E-state index is -3.56. The molecule has 3 rings (SSSR count). The van der Waals surface area contributed by atoms with Gasteiger partial charge in [0.1, 0.15) is 0 Å². The average Bonchev–Trinajstić information content (AvgIpc) is 2.68. The van der Waals surface area contributed by atoms with Gasteiger partial charge in [0.15, 0.2) is 0 Å². The van der Waals surface area contributed by atoms with Gasteiger partial charge in [-0.25, -0.2) is 16.8 Å². The Labute approximate surface area is 171 Å². The van der Waals surface area contributed by atoms with Crippen molar-refractivity contribution < 1.29 is 21.9 Å². The molecule has 1 heterocycles. The topological polar surface area (TPSA) is 107 Å². The Balaban J connectivity index is 1.71. The Bertz CT molecular complexity index is 1030. The second-order valence-corrected chi connectivity index (χ2v) is 10.6. The molecule has 1 aliphatic rings. The van der Waals surface area contributed by atoms with Crippen LogP contribution in [0, 0.1) is 0 Å². The summed E-state index contributed by atoms with van der Waals surface area (Å²) in [4.78, 5) is 2.28. The van der Waals surface area contributed by atoms with Crippen LogP contribution >= 0.6 is 0 Å². The van der Waals surface area contributed by atoms with Gasteiger partial charge in [-0.15, -0.1) is 0 Å². The van der Waals surface area contributed by atoms with Gasteiger partial charge in [0, 0.05) is 38.4 Å². The molecule has 1 aliphatic heterocycles. The first-order chi connectivity index (χ1) is 13.7. The predicted octanol–water partition coefficient (Wildman–Crippen LogP) is 1.02. The summed E-state index contributed by atoms with van der Waals surface area (Å²) in [5, 5.41) is 9.00. The zero-order valence-electron chi connectivity index (χ0n) is 16.2. The minimum Gasteiger partial charge on any atom is -0.395 e. The molecule has 10 heteroatoms. The number of hydrogen-bond acceptors (Lipinski definition) is 6. The monoisotopic (exact) mass is 439 g/mol. The van der Waals surface area contributed by atoms with Gasteiger partial charge in [-0.3, -0.25) is 9.62 Å². The Morgan fingerprint density at radius 1 is 0.862 bits per heavy atom. The molecule has 2 aromatic rings. The highest BCUT2D eigenvalue weighted by atomic mass is 32.2. The first-order valence-corrected chi connectivity index (χ1v) is 12.5. The quantitative estimate of drug-likeness (QED) is 0.667. The van der Waals surface area contributed by atoms with Crippen LogP contribution < -0.4 is 4.72 Å². The van der Waals surface area contributed by atoms with Gasteiger partial charge in [-0.05, 0) is 35.4 Å². The zero-order chi connectivity index (χ0) is 21.1. The number of hydrogen-bond donors (Lipinski definition) is 2. The summed E-state index contributed by atoms with van der Waals surface area (Å²) in [6.45, 7) is 2.63. The lowest BCUT2D eigenvalue weighted by Crippen LogP contribution is -2.49. The molecule has 0 saturated carbocycles. The Morgan fingerprint density at radius 2 is 1.38 bits per heavy atom. The van der Waals surface area contributed by atoms with Crippen LogP contribution in [0.2, 0.25) is 0 Å². The van der Waals surface area contributed by atoms with E-state index in [0.29, 0.717) is 38.4 Å². The highest BCUT2D eigenvalue weighted by molar-refractivity contribution is 7.92. The van der Waals surface area contributed by atoms with E-state index in [0.717, 1.165) is 17.4 Å². The van der Waals surface area contributed by atoms with Gasteiger partial charge >= 0.3 is 0 Å². The number of nitrogens with zero attached hydrogens (tertiary/aromatic N) is 2. The molecule has 0 atom stereocenters. The van der Waals surface area contributed by atoms with Crippen LogP contribution in [-0.4, -0.2) is 76.7 Å². The normalized spacial score (nSPS) is 16.6. The smallest absolute Gasteiger partial charge is 0.243 e. The Kier molecular flexibility index (Phi) is 6.59. The summed E-state index contributed by atoms with van der Waals surface area (Å²) in [5.41, 5.74) is 2.16. The maximum Gasteiger partial charge on any atom is 0.243 e. The lowest BCUT2D eigenvalue weighted by Gasteiger charge is -2.33. The van der Waals surface area contributed by atoms with Gasteiger partial charge < -0.3 is 5.11 Å². The van der Waals surface area contributed by atoms with Crippen molar-refractivity contribution in [3.63, 3.8) is 0 Å². The maximum atomic E-state index is 12.9. The molecule has 8 nitrogen and oxygen atoms in total. The SMILES string of the molecule is CS(=O)(=O)Nc1ccc(-c2ccc(S(=O)(=O)N3CCN(CCO)CC3)cc2)cc1. The molecular weight excluding hydrogens is 414 g/mol. The average molecular weight is 440 g/mol. The van der Waals surface area contributed by atoms with E-state index in [1.807, 2.05) is 4.90 Å². The molecule has 0 bridgehead atoms. The molecule has 2 N–H and O–H groups in total. The summed E-state index contributed by atoms with van der Waals surface area (Å²) in [5.74, 6) is 0. The number of piperazine rings is 1. The van der Waals surface area contributed by atoms with E-state index in [4.69, 9.17) is 5.11 Å². The van der Waals surface area contributed by atoms with Crippen molar-refractivity contribution in [1.29, 1.82) is 0 Å². The van der Waals surface area contributed by atoms with Crippen molar-refractivity contribution >= 4 is 25.7 Å². The highest BCUT2D eigenvalue weighted by Crippen LogP contribution is 2.25. The van der Waals surface area contributed by atoms with Crippen molar-refractivity contribution in [2.75, 3.05) is 50.3 Å². The van der Waals surface area contributed by atoms with Crippen LogP contribution in [-0.2, 0) is 20.0 Å². The molecule has 0 radical (unpaired) electrons. The lowest BCUT2D eigenvalue weighted by molar-refractivity contribution is 0.151. The molecule has 1 fully saturated rings. The fourth-order valence-corrected chi connectivity index (χ4v) is 5.23. The summed E-state index contributed by atoms with van der Waals surface area (Å²) >= 11 is 0. The number of sulfonamides is 2. The maximum absolute atomic E-state index is 12.9. The number of rotatable bonds is 7. The lowest BCUT2D eigenvalue weighted by atomic mass is 10.1. The number of aliphatic hydroxyl groups is 1. The summed E-state index contributed by atoms with van der Waals surface area (Å²) < 4.78 is 52.2. The second-order valence-electron chi connectivity index (χ2n) is 6.95. The largest absolute Gasteiger partial charge is 0.395 e. The molecule has 0 unspecified atom stereocenters. The van der Waals surface area contributed by atoms with Crippen LogP contribution in [0.3, 0.4) is 0 Å². The van der Waals surface area contributed by atoms with Crippen molar-refractivity contribution in [2.24, 2.45) is 0 Å². The van der Waals surface area contributed by atoms with E-state index in [1.54, 1.807) is 48.5 Å². The van der Waals surface area contributed by atoms with Gasteiger partial charge in [-0.2, -0.15) is 4.31 Å². The molecule has 0 aromatic heterocycles. The molecule has 158 valence electrons. The van der Waals surface area contributed by atoms with Crippen molar-refractivity contribution in [3.05, 3.63) is 48.5 Å². The molecule has 2 aromatic carbocycles. The van der Waals surface area contributed by atoms with Crippen LogP contribution in [0.25, 0.3) is 11.1 Å². The van der Waals surface area contributed by atoms with E-state index in [2.05, 4.69) is 4.72 Å². The third kappa shape index (κ3) is 5.55. The molecule has 0 aliphatic carbocycles. The van der Waals surface area contributed by atoms with Crippen molar-refractivity contribution in [1.82, 2.24) is 9.21 Å². The molecular formula is C19H25N3O5S2. The minimum absolute atomic E-state index is 0.0690. The van der Waals surface area contributed by atoms with Gasteiger partial charge in [0.05, 0.1) is 17.8 Å². The van der Waals surface area contributed by atoms with Gasteiger partial charge in [-0.1, -0.05) is 24.3 Å². The summed E-state index contributed by atoms with van der Waals surface area (Å²) in [7, 11) is -6.89. The van der Waals surface area contributed by atoms with Crippen molar-refractivity contribution in [2.45, 2.75) is 4.90 Å². The molecule has 0 amide bonds. The molecule has 29 heavy (non-hydrogen) atoms. The number of aliphatic hydroxyl groups excluding tert-OH is 1. The first kappa shape index (κ1) is 21.7. The molecule has 0 spiro atoms. The number of nitrogens with one attached hydrogen (secondary N) is 1. The van der Waals surface area contributed by atoms with Crippen LogP contribution in [0.15, 0.2) is 53.4 Å². The first-order valence-electron chi connectivity index (χ1n) is 9.21. The standard InChI is InChI=1S/C19H25N3O5S2/c1-28(24,25)20-18-6-2-16(3-7-18)17-4-8-19(9-5-17)29(26,27)22-12-10-21(11-13-22)14-15-23/h2-9,20,23H,10-15H2,1H3. The van der Waals surface area contributed by atoms with Crippen molar-refractivity contribution in [3.8, 4) is 11.1 Å². The van der Waals surface area contributed by atoms with E-state index < -0.39 is 20.0 Å². The fraction of sp³-hybridized carbons (Fsp3) is 0.368. The molecule has 1 saturated heterocycles. The van der Waals surface area contributed by atoms with Crippen LogP contribution in [0.4, 0.5) is 5.69 Å². The van der Waals surface area contributed by atoms with E-state index in [-0.39, 0.29) is 11.5 Å². The van der Waals surface area contributed by atoms with E-state index in [9.17, 15) is 16.8 Å². The Morgan fingerprint density at radius 3 is 1.86 bits per heavy atom. The predicted molar refractivity (Wildman–Crippen MR) is 113 cm³/mol. The van der Waals surface area contributed by atoms with Gasteiger partial charge in [0.25, 0.3) is 0 Å². The van der Waals surface area contributed by atoms with Crippen LogP contribution in [0.5, 0.6) is 0 Å². The third-order valence-electron chi connectivity index (χ3n) is 4.76. The zero-order valence-corrected chi connectivity index (χ0v) is 17.8. The third-order valence-corrected chi connectivity index (χ3v) is 7.28. The fourth-order valence-electron chi connectivity index (χ4n) is 3.25. The highest BCUT2D eigenvalue weighted by Gasteiger charge is 2.28. The Hall–Kier alpha value is -1.98. The summed E-state index contributed by atoms with van der Waals surface area (Å²) in [6.07, 6.45) is 1.09.